The van der Waals surface area contributed by atoms with Crippen LogP contribution < -0.4 is 29.6 Å². The smallest absolute Gasteiger partial charge is 0.743 e. The molecule has 98 valence electrons. The van der Waals surface area contributed by atoms with Gasteiger partial charge in [-0.2, -0.15) is 8.78 Å². The van der Waals surface area contributed by atoms with Crippen LogP contribution in [0.1, 0.15) is 10.4 Å². The predicted octanol–water partition coefficient (Wildman–Crippen LogP) is -2.49. The minimum atomic E-state index is -6.24. The fourth-order valence-electron chi connectivity index (χ4n) is 0.879. The van der Waals surface area contributed by atoms with Crippen LogP contribution in [0.4, 0.5) is 8.78 Å². The molecule has 10 heteroatoms. The fourth-order valence-corrected chi connectivity index (χ4v) is 1.12. The molecule has 0 saturated carbocycles. The Morgan fingerprint density at radius 3 is 2.05 bits per heavy atom. The van der Waals surface area contributed by atoms with Gasteiger partial charge in [-0.05, 0) is 12.1 Å². The molecule has 0 atom stereocenters. The van der Waals surface area contributed by atoms with Gasteiger partial charge in [0.15, 0.2) is 10.1 Å². The number of hydrogen-bond donors (Lipinski definition) is 0. The Hall–Kier alpha value is -0.870. The summed E-state index contributed by atoms with van der Waals surface area (Å²) in [4.78, 5) is 21.9. The summed E-state index contributed by atoms with van der Waals surface area (Å²) in [5.41, 5.74) is -0.245. The summed E-state index contributed by atoms with van der Waals surface area (Å²) in [6.07, 6.45) is 0. The second-order valence-electron chi connectivity index (χ2n) is 3.01. The van der Waals surface area contributed by atoms with Crippen molar-refractivity contribution in [2.75, 3.05) is 0 Å². The Bertz CT molecular complexity index is 572. The SMILES string of the molecule is O=C(OC(=O)C(F)(F)S(=O)(=O)[O-])c1ccccc1.[Na+]. The average molecular weight is 302 g/mol. The molecule has 0 saturated heterocycles. The molecule has 0 radical (unpaired) electrons. The molecule has 0 amide bonds. The van der Waals surface area contributed by atoms with Crippen LogP contribution in [0, 0.1) is 0 Å². The first-order chi connectivity index (χ1) is 8.16. The fraction of sp³-hybridized carbons (Fsp3) is 0.111. The molecule has 0 aliphatic heterocycles. The third-order valence-electron chi connectivity index (χ3n) is 1.75. The van der Waals surface area contributed by atoms with Crippen molar-refractivity contribution in [1.29, 1.82) is 0 Å². The Balaban J connectivity index is 0.00000324. The maximum Gasteiger partial charge on any atom is 1.00 e. The van der Waals surface area contributed by atoms with Gasteiger partial charge >= 0.3 is 46.8 Å². The van der Waals surface area contributed by atoms with Crippen molar-refractivity contribution in [3.05, 3.63) is 35.9 Å². The molecule has 0 heterocycles. The summed E-state index contributed by atoms with van der Waals surface area (Å²) in [5.74, 6) is -4.21. The molecule has 0 N–H and O–H groups in total. The van der Waals surface area contributed by atoms with Crippen LogP contribution in [0.5, 0.6) is 0 Å². The zero-order chi connectivity index (χ0) is 14.0. The van der Waals surface area contributed by atoms with Crippen molar-refractivity contribution in [2.45, 2.75) is 5.25 Å². The van der Waals surface area contributed by atoms with Crippen molar-refractivity contribution in [2.24, 2.45) is 0 Å². The maximum absolute atomic E-state index is 12.7. The van der Waals surface area contributed by atoms with Gasteiger partial charge in [-0.15, -0.1) is 0 Å². The molecule has 0 fully saturated rings. The van der Waals surface area contributed by atoms with Crippen molar-refractivity contribution < 1.29 is 65.6 Å². The van der Waals surface area contributed by atoms with Gasteiger partial charge in [0.25, 0.3) is 0 Å². The van der Waals surface area contributed by atoms with E-state index in [1.165, 1.54) is 18.2 Å². The molecule has 19 heavy (non-hydrogen) atoms. The molecular formula is C9H5F2NaO6S. The van der Waals surface area contributed by atoms with Gasteiger partial charge in [-0.25, -0.2) is 18.0 Å². The van der Waals surface area contributed by atoms with Gasteiger partial charge in [-0.1, -0.05) is 18.2 Å². The Morgan fingerprint density at radius 2 is 1.63 bits per heavy atom. The van der Waals surface area contributed by atoms with Crippen LogP contribution in [-0.2, 0) is 19.6 Å². The maximum atomic E-state index is 12.7. The number of benzene rings is 1. The van der Waals surface area contributed by atoms with E-state index in [-0.39, 0.29) is 35.1 Å². The number of carbonyl (C=O) groups excluding carboxylic acids is 2. The van der Waals surface area contributed by atoms with Gasteiger partial charge in [-0.3, -0.25) is 0 Å². The van der Waals surface area contributed by atoms with Crippen molar-refractivity contribution in [3.8, 4) is 0 Å². The standard InChI is InChI=1S/C9H6F2O6S.Na/c10-9(11,18(14,15)16)8(13)17-7(12)6-4-2-1-3-5-6;/h1-5H,(H,14,15,16);/q;+1/p-1. The monoisotopic (exact) mass is 302 g/mol. The Labute approximate surface area is 128 Å². The second-order valence-corrected chi connectivity index (χ2v) is 4.43. The molecule has 0 aromatic heterocycles. The zero-order valence-corrected chi connectivity index (χ0v) is 12.3. The summed E-state index contributed by atoms with van der Waals surface area (Å²) < 4.78 is 59.3. The molecule has 0 aliphatic carbocycles. The van der Waals surface area contributed by atoms with Crippen molar-refractivity contribution >= 4 is 22.1 Å². The van der Waals surface area contributed by atoms with Crippen molar-refractivity contribution in [3.63, 3.8) is 0 Å². The number of hydrogen-bond acceptors (Lipinski definition) is 6. The first kappa shape index (κ1) is 18.1. The van der Waals surface area contributed by atoms with E-state index in [0.29, 0.717) is 0 Å². The van der Waals surface area contributed by atoms with E-state index in [1.807, 2.05) is 0 Å². The summed E-state index contributed by atoms with van der Waals surface area (Å²) >= 11 is 0. The van der Waals surface area contributed by atoms with Crippen LogP contribution in [0.2, 0.25) is 0 Å². The first-order valence-electron chi connectivity index (χ1n) is 4.31. The van der Waals surface area contributed by atoms with Gasteiger partial charge < -0.3 is 9.29 Å². The quantitative estimate of drug-likeness (QED) is 0.265. The van der Waals surface area contributed by atoms with Crippen LogP contribution in [-0.4, -0.2) is 30.2 Å². The molecule has 1 rings (SSSR count). The number of alkyl halides is 2. The number of halogens is 2. The topological polar surface area (TPSA) is 101 Å². The Kier molecular flexibility index (Phi) is 6.23. The van der Waals surface area contributed by atoms with E-state index in [1.54, 1.807) is 0 Å². The normalized spacial score (nSPS) is 11.3. The molecule has 1 aromatic carbocycles. The molecule has 6 nitrogen and oxygen atoms in total. The van der Waals surface area contributed by atoms with Crippen LogP contribution in [0.3, 0.4) is 0 Å². The summed E-state index contributed by atoms with van der Waals surface area (Å²) in [6, 6.07) is 6.54. The van der Waals surface area contributed by atoms with E-state index < -0.39 is 27.3 Å². The third kappa shape index (κ3) is 4.32. The van der Waals surface area contributed by atoms with Gasteiger partial charge in [0.05, 0.1) is 5.56 Å². The van der Waals surface area contributed by atoms with E-state index in [9.17, 15) is 31.3 Å². The van der Waals surface area contributed by atoms with E-state index >= 15 is 0 Å². The van der Waals surface area contributed by atoms with Gasteiger partial charge in [0.1, 0.15) is 0 Å². The summed E-state index contributed by atoms with van der Waals surface area (Å²) in [5, 5.41) is -5.31. The average Bonchev–Trinajstić information content (AvgIpc) is 2.28. The van der Waals surface area contributed by atoms with Crippen molar-refractivity contribution in [1.82, 2.24) is 0 Å². The van der Waals surface area contributed by atoms with Crippen LogP contribution in [0.15, 0.2) is 30.3 Å². The van der Waals surface area contributed by atoms with E-state index in [2.05, 4.69) is 4.74 Å². The molecule has 0 unspecified atom stereocenters. The first-order valence-corrected chi connectivity index (χ1v) is 5.72. The summed E-state index contributed by atoms with van der Waals surface area (Å²) in [7, 11) is -6.24. The second kappa shape index (κ2) is 6.53. The van der Waals surface area contributed by atoms with Gasteiger partial charge in [0.2, 0.25) is 0 Å². The number of esters is 2. The van der Waals surface area contributed by atoms with E-state index in [0.717, 1.165) is 12.1 Å². The third-order valence-corrected chi connectivity index (χ3v) is 2.54. The largest absolute Gasteiger partial charge is 1.00 e. The minimum absolute atomic E-state index is 0. The predicted molar refractivity (Wildman–Crippen MR) is 51.5 cm³/mol. The number of ether oxygens (including phenoxy) is 1. The van der Waals surface area contributed by atoms with E-state index in [4.69, 9.17) is 0 Å². The minimum Gasteiger partial charge on any atom is -0.743 e. The Morgan fingerprint density at radius 1 is 1.16 bits per heavy atom. The molecule has 1 aromatic rings. The molecular weight excluding hydrogens is 297 g/mol. The number of carbonyl (C=O) groups is 2. The van der Waals surface area contributed by atoms with Crippen LogP contribution >= 0.6 is 0 Å². The van der Waals surface area contributed by atoms with Crippen LogP contribution in [0.25, 0.3) is 0 Å². The summed E-state index contributed by atoms with van der Waals surface area (Å²) in [6.45, 7) is 0. The molecule has 0 spiro atoms. The van der Waals surface area contributed by atoms with Gasteiger partial charge in [0, 0.05) is 0 Å². The number of rotatable bonds is 3. The molecule has 0 aliphatic rings. The molecule has 0 bridgehead atoms. The zero-order valence-electron chi connectivity index (χ0n) is 9.50.